The van der Waals surface area contributed by atoms with Crippen LogP contribution in [0, 0.1) is 18.6 Å². The Morgan fingerprint density at radius 3 is 2.67 bits per heavy atom. The van der Waals surface area contributed by atoms with Crippen LogP contribution in [0.4, 0.5) is 14.5 Å². The molecule has 122 valence electrons. The summed E-state index contributed by atoms with van der Waals surface area (Å²) in [6, 6.07) is 9.70. The minimum atomic E-state index is -0.878. The van der Waals surface area contributed by atoms with Crippen LogP contribution >= 0.6 is 11.6 Å². The first-order valence-electron chi connectivity index (χ1n) is 6.95. The zero-order chi connectivity index (χ0) is 17.3. The zero-order valence-electron chi connectivity index (χ0n) is 12.4. The third kappa shape index (κ3) is 3.00. The highest BCUT2D eigenvalue weighted by molar-refractivity contribution is 6.33. The molecular weight excluding hydrogens is 338 g/mol. The van der Waals surface area contributed by atoms with Gasteiger partial charge in [0.2, 0.25) is 0 Å². The molecule has 0 bridgehead atoms. The molecule has 0 atom stereocenters. The Kier molecular flexibility index (Phi) is 4.31. The Bertz CT molecular complexity index is 925. The van der Waals surface area contributed by atoms with Crippen LogP contribution in [0.1, 0.15) is 16.1 Å². The van der Waals surface area contributed by atoms with Crippen LogP contribution in [0.15, 0.2) is 47.0 Å². The van der Waals surface area contributed by atoms with E-state index in [0.717, 1.165) is 12.1 Å². The summed E-state index contributed by atoms with van der Waals surface area (Å²) in [5, 5.41) is 6.65. The average Bonchev–Trinajstić information content (AvgIpc) is 2.92. The Labute approximate surface area is 141 Å². The van der Waals surface area contributed by atoms with E-state index < -0.39 is 17.5 Å². The number of hydrogen-bond donors (Lipinski definition) is 1. The molecule has 0 saturated carbocycles. The van der Waals surface area contributed by atoms with Crippen LogP contribution in [-0.2, 0) is 0 Å². The number of hydrogen-bond acceptors (Lipinski definition) is 3. The summed E-state index contributed by atoms with van der Waals surface area (Å²) in [6.07, 6.45) is 0. The van der Waals surface area contributed by atoms with Gasteiger partial charge in [-0.1, -0.05) is 35.0 Å². The SMILES string of the molecule is Cc1onc(-c2ccccc2Cl)c1C(=O)Nc1ccc(F)cc1F. The maximum Gasteiger partial charge on any atom is 0.261 e. The van der Waals surface area contributed by atoms with Gasteiger partial charge in [-0.2, -0.15) is 0 Å². The number of rotatable bonds is 3. The summed E-state index contributed by atoms with van der Waals surface area (Å²) in [6.45, 7) is 1.56. The molecule has 1 amide bonds. The van der Waals surface area contributed by atoms with E-state index in [1.54, 1.807) is 31.2 Å². The van der Waals surface area contributed by atoms with Gasteiger partial charge in [-0.3, -0.25) is 4.79 Å². The summed E-state index contributed by atoms with van der Waals surface area (Å²) in [5.41, 5.74) is 0.748. The Morgan fingerprint density at radius 1 is 1.21 bits per heavy atom. The van der Waals surface area contributed by atoms with Crippen LogP contribution in [-0.4, -0.2) is 11.1 Å². The number of carbonyl (C=O) groups excluding carboxylic acids is 1. The first-order valence-corrected chi connectivity index (χ1v) is 7.32. The van der Waals surface area contributed by atoms with Crippen molar-refractivity contribution in [2.75, 3.05) is 5.32 Å². The summed E-state index contributed by atoms with van der Waals surface area (Å²) in [4.78, 5) is 12.5. The molecule has 7 heteroatoms. The van der Waals surface area contributed by atoms with Crippen LogP contribution in [0.25, 0.3) is 11.3 Å². The van der Waals surface area contributed by atoms with E-state index in [9.17, 15) is 13.6 Å². The molecule has 2 aromatic carbocycles. The first-order chi connectivity index (χ1) is 11.5. The highest BCUT2D eigenvalue weighted by atomic mass is 35.5. The molecule has 0 aliphatic rings. The summed E-state index contributed by atoms with van der Waals surface area (Å²) in [5.74, 6) is -1.99. The van der Waals surface area contributed by atoms with Gasteiger partial charge in [0.1, 0.15) is 28.7 Å². The normalized spacial score (nSPS) is 10.7. The van der Waals surface area contributed by atoms with Gasteiger partial charge in [0.15, 0.2) is 0 Å². The van der Waals surface area contributed by atoms with E-state index in [1.165, 1.54) is 0 Å². The fourth-order valence-electron chi connectivity index (χ4n) is 2.25. The zero-order valence-corrected chi connectivity index (χ0v) is 13.2. The number of benzene rings is 2. The van der Waals surface area contributed by atoms with Crippen molar-refractivity contribution in [1.82, 2.24) is 5.16 Å². The van der Waals surface area contributed by atoms with Crippen molar-refractivity contribution in [3.63, 3.8) is 0 Å². The van der Waals surface area contributed by atoms with Crippen LogP contribution in [0.5, 0.6) is 0 Å². The van der Waals surface area contributed by atoms with Gasteiger partial charge in [0.25, 0.3) is 5.91 Å². The summed E-state index contributed by atoms with van der Waals surface area (Å²) >= 11 is 6.13. The molecule has 4 nitrogen and oxygen atoms in total. The summed E-state index contributed by atoms with van der Waals surface area (Å²) < 4.78 is 31.8. The molecule has 0 unspecified atom stereocenters. The van der Waals surface area contributed by atoms with Crippen molar-refractivity contribution in [1.29, 1.82) is 0 Å². The van der Waals surface area contributed by atoms with E-state index in [-0.39, 0.29) is 22.7 Å². The lowest BCUT2D eigenvalue weighted by molar-refractivity contribution is 0.102. The molecule has 3 aromatic rings. The van der Waals surface area contributed by atoms with Gasteiger partial charge < -0.3 is 9.84 Å². The van der Waals surface area contributed by atoms with Gasteiger partial charge in [0.05, 0.1) is 10.7 Å². The molecule has 3 rings (SSSR count). The van der Waals surface area contributed by atoms with Gasteiger partial charge >= 0.3 is 0 Å². The monoisotopic (exact) mass is 348 g/mol. The largest absolute Gasteiger partial charge is 0.360 e. The van der Waals surface area contributed by atoms with E-state index >= 15 is 0 Å². The topological polar surface area (TPSA) is 55.1 Å². The molecule has 1 N–H and O–H groups in total. The van der Waals surface area contributed by atoms with Gasteiger partial charge in [-0.15, -0.1) is 0 Å². The Morgan fingerprint density at radius 2 is 1.96 bits per heavy atom. The molecule has 0 radical (unpaired) electrons. The molecule has 0 fully saturated rings. The van der Waals surface area contributed by atoms with Crippen LogP contribution < -0.4 is 5.32 Å². The fourth-order valence-corrected chi connectivity index (χ4v) is 2.48. The number of nitrogens with one attached hydrogen (secondary N) is 1. The lowest BCUT2D eigenvalue weighted by Crippen LogP contribution is -2.14. The number of anilines is 1. The second-order valence-electron chi connectivity index (χ2n) is 5.02. The van der Waals surface area contributed by atoms with E-state index in [1.807, 2.05) is 0 Å². The number of aryl methyl sites for hydroxylation is 1. The number of nitrogens with zero attached hydrogens (tertiary/aromatic N) is 1. The first kappa shape index (κ1) is 16.1. The summed E-state index contributed by atoms with van der Waals surface area (Å²) in [7, 11) is 0. The highest BCUT2D eigenvalue weighted by Gasteiger charge is 2.23. The van der Waals surface area contributed by atoms with Crippen molar-refractivity contribution >= 4 is 23.2 Å². The predicted molar refractivity (Wildman–Crippen MR) is 86.0 cm³/mol. The Hall–Kier alpha value is -2.73. The van der Waals surface area contributed by atoms with Gasteiger partial charge in [0, 0.05) is 11.6 Å². The lowest BCUT2D eigenvalue weighted by Gasteiger charge is -2.07. The Balaban J connectivity index is 1.99. The van der Waals surface area contributed by atoms with Crippen LogP contribution in [0.2, 0.25) is 5.02 Å². The third-order valence-electron chi connectivity index (χ3n) is 3.40. The van der Waals surface area contributed by atoms with Crippen molar-refractivity contribution in [2.45, 2.75) is 6.92 Å². The van der Waals surface area contributed by atoms with Crippen molar-refractivity contribution in [3.05, 3.63) is 70.4 Å². The minimum absolute atomic E-state index is 0.131. The third-order valence-corrected chi connectivity index (χ3v) is 3.73. The second-order valence-corrected chi connectivity index (χ2v) is 5.43. The maximum absolute atomic E-state index is 13.7. The molecule has 0 aliphatic heterocycles. The smallest absolute Gasteiger partial charge is 0.261 e. The lowest BCUT2D eigenvalue weighted by atomic mass is 10.1. The van der Waals surface area contributed by atoms with Crippen molar-refractivity contribution in [3.8, 4) is 11.3 Å². The second kappa shape index (κ2) is 6.41. The van der Waals surface area contributed by atoms with E-state index in [2.05, 4.69) is 10.5 Å². The average molecular weight is 349 g/mol. The number of aromatic nitrogens is 1. The van der Waals surface area contributed by atoms with Crippen molar-refractivity contribution in [2.24, 2.45) is 0 Å². The van der Waals surface area contributed by atoms with Crippen LogP contribution in [0.3, 0.4) is 0 Å². The number of halogens is 3. The van der Waals surface area contributed by atoms with Crippen molar-refractivity contribution < 1.29 is 18.1 Å². The van der Waals surface area contributed by atoms with Gasteiger partial charge in [-0.05, 0) is 25.1 Å². The quantitative estimate of drug-likeness (QED) is 0.737. The van der Waals surface area contributed by atoms with E-state index in [0.29, 0.717) is 16.7 Å². The molecule has 0 spiro atoms. The maximum atomic E-state index is 13.7. The molecule has 0 saturated heterocycles. The molecule has 1 aromatic heterocycles. The number of amides is 1. The minimum Gasteiger partial charge on any atom is -0.360 e. The molecule has 24 heavy (non-hydrogen) atoms. The van der Waals surface area contributed by atoms with Gasteiger partial charge in [-0.25, -0.2) is 8.78 Å². The molecule has 0 aliphatic carbocycles. The number of carbonyl (C=O) groups is 1. The highest BCUT2D eigenvalue weighted by Crippen LogP contribution is 2.31. The van der Waals surface area contributed by atoms with E-state index in [4.69, 9.17) is 16.1 Å². The fraction of sp³-hybridized carbons (Fsp3) is 0.0588. The standard InChI is InChI=1S/C17H11ClF2N2O2/c1-9-15(16(22-24-9)11-4-2-3-5-12(11)18)17(23)21-14-7-6-10(19)8-13(14)20/h2-8H,1H3,(H,21,23). The predicted octanol–water partition coefficient (Wildman–Crippen LogP) is 4.83. The molecular formula is C17H11ClF2N2O2. The molecule has 1 heterocycles.